The van der Waals surface area contributed by atoms with E-state index in [1.165, 1.54) is 78.3 Å². The number of hydroxylamine groups is 1. The maximum atomic E-state index is 13.0. The Hall–Kier alpha value is -5.65. The van der Waals surface area contributed by atoms with Gasteiger partial charge in [0.2, 0.25) is 0 Å². The van der Waals surface area contributed by atoms with Crippen LogP contribution in [0.5, 0.6) is 0 Å². The van der Waals surface area contributed by atoms with E-state index in [1.807, 2.05) is 0 Å². The molecule has 0 aromatic heterocycles. The average molecular weight is 640 g/mol. The molecule has 0 spiro atoms. The average Bonchev–Trinajstić information content (AvgIpc) is 2.99. The Kier molecular flexibility index (Phi) is 9.03. The van der Waals surface area contributed by atoms with E-state index in [4.69, 9.17) is 5.21 Å². The second-order valence-electron chi connectivity index (χ2n) is 8.86. The molecule has 0 saturated heterocycles. The predicted molar refractivity (Wildman–Crippen MR) is 158 cm³/mol. The van der Waals surface area contributed by atoms with Crippen LogP contribution in [0.2, 0.25) is 0 Å². The summed E-state index contributed by atoms with van der Waals surface area (Å²) in [5, 5.41) is 31.9. The molecule has 0 saturated carbocycles. The molecule has 44 heavy (non-hydrogen) atoms. The molecule has 4 aromatic carbocycles. The van der Waals surface area contributed by atoms with Crippen LogP contribution in [0.25, 0.3) is 5.57 Å². The second kappa shape index (κ2) is 12.7. The number of benzene rings is 4. The van der Waals surface area contributed by atoms with Crippen molar-refractivity contribution in [2.45, 2.75) is 9.79 Å². The van der Waals surface area contributed by atoms with E-state index in [2.05, 4.69) is 9.44 Å². The van der Waals surface area contributed by atoms with Gasteiger partial charge in [-0.15, -0.1) is 0 Å². The molecule has 226 valence electrons. The number of nitro benzene ring substituents is 2. The molecular weight excluding hydrogens is 618 g/mol. The van der Waals surface area contributed by atoms with Gasteiger partial charge in [0, 0.05) is 29.6 Å². The number of amides is 1. The SMILES string of the molecule is O=C(C=C(c1cccc(NS(=O)(=O)c2ccccc2[N+](=O)[O-])c1)c1cccc(NS(=O)(=O)c2ccccc2[N+](=O)[O-])c1)NO. The van der Waals surface area contributed by atoms with Crippen LogP contribution < -0.4 is 14.9 Å². The lowest BCUT2D eigenvalue weighted by molar-refractivity contribution is -0.388. The van der Waals surface area contributed by atoms with Gasteiger partial charge in [-0.1, -0.05) is 48.5 Å². The number of carbonyl (C=O) groups is 1. The molecule has 4 N–H and O–H groups in total. The van der Waals surface area contributed by atoms with Gasteiger partial charge in [0.15, 0.2) is 9.79 Å². The lowest BCUT2D eigenvalue weighted by Gasteiger charge is -2.14. The van der Waals surface area contributed by atoms with Gasteiger partial charge in [0.05, 0.1) is 9.85 Å². The maximum absolute atomic E-state index is 13.0. The summed E-state index contributed by atoms with van der Waals surface area (Å²) < 4.78 is 56.6. The first-order chi connectivity index (χ1) is 20.8. The fraction of sp³-hybridized carbons (Fsp3) is 0. The topological polar surface area (TPSA) is 228 Å². The number of hydrogen-bond donors (Lipinski definition) is 4. The minimum atomic E-state index is -4.44. The van der Waals surface area contributed by atoms with Crippen LogP contribution in [-0.4, -0.2) is 37.8 Å². The molecule has 0 radical (unpaired) electrons. The van der Waals surface area contributed by atoms with Crippen molar-refractivity contribution in [2.75, 3.05) is 9.44 Å². The minimum Gasteiger partial charge on any atom is -0.288 e. The fourth-order valence-corrected chi connectivity index (χ4v) is 6.53. The van der Waals surface area contributed by atoms with E-state index in [9.17, 15) is 41.9 Å². The monoisotopic (exact) mass is 639 g/mol. The van der Waals surface area contributed by atoms with Crippen LogP contribution >= 0.6 is 0 Å². The number of hydrogen-bond acceptors (Lipinski definition) is 10. The summed E-state index contributed by atoms with van der Waals surface area (Å²) in [7, 11) is -8.88. The number of para-hydroxylation sites is 2. The van der Waals surface area contributed by atoms with Crippen LogP contribution in [0.15, 0.2) is 113 Å². The first kappa shape index (κ1) is 31.3. The largest absolute Gasteiger partial charge is 0.289 e. The third-order valence-electron chi connectivity index (χ3n) is 5.94. The zero-order valence-corrected chi connectivity index (χ0v) is 23.8. The summed E-state index contributed by atoms with van der Waals surface area (Å²) in [4.78, 5) is 32.1. The number of nitrogens with zero attached hydrogens (tertiary/aromatic N) is 2. The van der Waals surface area contributed by atoms with E-state index in [0.29, 0.717) is 0 Å². The highest BCUT2D eigenvalue weighted by molar-refractivity contribution is 7.93. The van der Waals surface area contributed by atoms with Crippen LogP contribution in [-0.2, 0) is 24.8 Å². The van der Waals surface area contributed by atoms with E-state index in [-0.39, 0.29) is 28.1 Å². The Morgan fingerprint density at radius 3 is 1.45 bits per heavy atom. The van der Waals surface area contributed by atoms with Crippen LogP contribution in [0, 0.1) is 20.2 Å². The van der Waals surface area contributed by atoms with E-state index in [1.54, 1.807) is 0 Å². The Labute approximate surface area is 249 Å². The first-order valence-corrected chi connectivity index (χ1v) is 15.2. The van der Waals surface area contributed by atoms with Crippen LogP contribution in [0.1, 0.15) is 11.1 Å². The smallest absolute Gasteiger partial charge is 0.288 e. The molecule has 4 aromatic rings. The molecule has 0 unspecified atom stereocenters. The van der Waals surface area contributed by atoms with Crippen molar-refractivity contribution in [1.29, 1.82) is 0 Å². The van der Waals surface area contributed by atoms with Crippen LogP contribution in [0.4, 0.5) is 22.7 Å². The molecule has 0 atom stereocenters. The lowest BCUT2D eigenvalue weighted by atomic mass is 9.96. The van der Waals surface area contributed by atoms with Crippen molar-refractivity contribution in [3.8, 4) is 0 Å². The summed E-state index contributed by atoms with van der Waals surface area (Å²) in [6, 6.07) is 20.7. The van der Waals surface area contributed by atoms with Gasteiger partial charge in [-0.2, -0.15) is 0 Å². The molecule has 0 fully saturated rings. The molecule has 4 rings (SSSR count). The maximum Gasteiger partial charge on any atom is 0.289 e. The van der Waals surface area contributed by atoms with Gasteiger partial charge in [-0.05, 0) is 53.1 Å². The van der Waals surface area contributed by atoms with Gasteiger partial charge in [-0.3, -0.25) is 39.7 Å². The standard InChI is InChI=1S/C27H21N5O10S2/c33-27(28-34)17-22(18-7-5-9-20(15-18)29-43(39,40)25-13-3-1-11-23(25)31(35)36)19-8-6-10-21(16-19)30-44(41,42)26-14-4-2-12-24(26)32(37)38/h1-17,29-30,34H,(H,28,33). The van der Waals surface area contributed by atoms with Crippen molar-refractivity contribution in [1.82, 2.24) is 5.48 Å². The van der Waals surface area contributed by atoms with Crippen LogP contribution in [0.3, 0.4) is 0 Å². The number of sulfonamides is 2. The molecule has 1 amide bonds. The van der Waals surface area contributed by atoms with Crippen molar-refractivity contribution in [2.24, 2.45) is 0 Å². The van der Waals surface area contributed by atoms with Crippen molar-refractivity contribution in [3.05, 3.63) is 134 Å². The second-order valence-corrected chi connectivity index (χ2v) is 12.2. The molecule has 0 aliphatic heterocycles. The van der Waals surface area contributed by atoms with Crippen molar-refractivity contribution >= 4 is 54.3 Å². The predicted octanol–water partition coefficient (Wildman–Crippen LogP) is 4.04. The van der Waals surface area contributed by atoms with E-state index < -0.39 is 57.0 Å². The van der Waals surface area contributed by atoms with Gasteiger partial charge < -0.3 is 0 Å². The normalized spacial score (nSPS) is 11.2. The Bertz CT molecular complexity index is 1890. The Balaban J connectivity index is 1.73. The molecular formula is C27H21N5O10S2. The number of rotatable bonds is 11. The Morgan fingerprint density at radius 2 is 1.07 bits per heavy atom. The molecule has 17 heteroatoms. The van der Waals surface area contributed by atoms with E-state index >= 15 is 0 Å². The summed E-state index contributed by atoms with van der Waals surface area (Å²) in [5.41, 5.74) is 0.619. The zero-order valence-electron chi connectivity index (χ0n) is 22.1. The first-order valence-electron chi connectivity index (χ1n) is 12.2. The summed E-state index contributed by atoms with van der Waals surface area (Å²) in [6.07, 6.45) is 0.964. The lowest BCUT2D eigenvalue weighted by Crippen LogP contribution is -2.16. The summed E-state index contributed by atoms with van der Waals surface area (Å²) in [6.45, 7) is 0. The molecule has 0 bridgehead atoms. The highest BCUT2D eigenvalue weighted by Gasteiger charge is 2.27. The summed E-state index contributed by atoms with van der Waals surface area (Å²) in [5.74, 6) is -0.975. The highest BCUT2D eigenvalue weighted by Crippen LogP contribution is 2.31. The van der Waals surface area contributed by atoms with Gasteiger partial charge in [0.25, 0.3) is 37.3 Å². The Morgan fingerprint density at radius 1 is 0.659 bits per heavy atom. The van der Waals surface area contributed by atoms with Gasteiger partial charge in [0.1, 0.15) is 0 Å². The zero-order chi connectivity index (χ0) is 32.1. The third kappa shape index (κ3) is 7.04. The number of carbonyl (C=O) groups excluding carboxylic acids is 1. The summed E-state index contributed by atoms with van der Waals surface area (Å²) >= 11 is 0. The van der Waals surface area contributed by atoms with Crippen molar-refractivity contribution < 1.29 is 36.7 Å². The van der Waals surface area contributed by atoms with E-state index in [0.717, 1.165) is 30.3 Å². The molecule has 0 heterocycles. The molecule has 0 aliphatic rings. The van der Waals surface area contributed by atoms with Gasteiger partial charge >= 0.3 is 0 Å². The molecule has 15 nitrogen and oxygen atoms in total. The highest BCUT2D eigenvalue weighted by atomic mass is 32.2. The third-order valence-corrected chi connectivity index (χ3v) is 8.80. The van der Waals surface area contributed by atoms with Gasteiger partial charge in [-0.25, -0.2) is 22.3 Å². The number of nitrogens with one attached hydrogen (secondary N) is 3. The minimum absolute atomic E-state index is 0.0378. The fourth-order valence-electron chi connectivity index (χ4n) is 4.09. The van der Waals surface area contributed by atoms with Crippen molar-refractivity contribution in [3.63, 3.8) is 0 Å². The quantitative estimate of drug-likeness (QED) is 0.0796. The number of anilines is 2. The number of nitro groups is 2. The molecule has 0 aliphatic carbocycles.